The first-order valence-electron chi connectivity index (χ1n) is 10.8. The molecule has 1 aromatic heterocycles. The minimum Gasteiger partial charge on any atom is -0.302 e. The van der Waals surface area contributed by atoms with E-state index < -0.39 is 10.0 Å². The first kappa shape index (κ1) is 24.6. The summed E-state index contributed by atoms with van der Waals surface area (Å²) in [7, 11) is -3.62. The van der Waals surface area contributed by atoms with E-state index in [1.54, 1.807) is 18.2 Å². The highest BCUT2D eigenvalue weighted by molar-refractivity contribution is 7.99. The Bertz CT molecular complexity index is 1300. The number of rotatable bonds is 7. The lowest BCUT2D eigenvalue weighted by Crippen LogP contribution is -2.41. The second-order valence-corrected chi connectivity index (χ2v) is 11.7. The third kappa shape index (κ3) is 5.10. The van der Waals surface area contributed by atoms with Crippen molar-refractivity contribution in [3.8, 4) is 11.3 Å². The van der Waals surface area contributed by atoms with Gasteiger partial charge in [0.05, 0.1) is 15.5 Å². The summed E-state index contributed by atoms with van der Waals surface area (Å²) in [5, 5.41) is 3.22. The van der Waals surface area contributed by atoms with E-state index in [0.29, 0.717) is 38.3 Å². The first-order chi connectivity index (χ1) is 16.3. The molecule has 2 aromatic carbocycles. The van der Waals surface area contributed by atoms with Crippen LogP contribution >= 0.6 is 23.1 Å². The van der Waals surface area contributed by atoms with E-state index in [-0.39, 0.29) is 30.7 Å². The van der Waals surface area contributed by atoms with E-state index in [0.717, 1.165) is 16.9 Å². The number of carbonyl (C=O) groups is 2. The van der Waals surface area contributed by atoms with Gasteiger partial charge in [-0.2, -0.15) is 4.31 Å². The van der Waals surface area contributed by atoms with Crippen molar-refractivity contribution in [3.05, 3.63) is 59.5 Å². The van der Waals surface area contributed by atoms with Gasteiger partial charge in [-0.05, 0) is 31.2 Å². The van der Waals surface area contributed by atoms with Crippen molar-refractivity contribution in [2.45, 2.75) is 29.6 Å². The van der Waals surface area contributed by atoms with Gasteiger partial charge in [-0.25, -0.2) is 13.4 Å². The molecule has 178 valence electrons. The second-order valence-electron chi connectivity index (χ2n) is 7.94. The van der Waals surface area contributed by atoms with Gasteiger partial charge < -0.3 is 5.32 Å². The molecule has 1 aliphatic rings. The summed E-state index contributed by atoms with van der Waals surface area (Å²) in [4.78, 5) is 31.1. The zero-order valence-electron chi connectivity index (χ0n) is 18.9. The van der Waals surface area contributed by atoms with Crippen molar-refractivity contribution >= 4 is 49.9 Å². The Hall–Kier alpha value is -2.53. The molecule has 0 saturated carbocycles. The summed E-state index contributed by atoms with van der Waals surface area (Å²) in [5.41, 5.74) is 1.37. The molecule has 0 bridgehead atoms. The highest BCUT2D eigenvalue weighted by atomic mass is 32.2. The van der Waals surface area contributed by atoms with Gasteiger partial charge in [0.1, 0.15) is 0 Å². The van der Waals surface area contributed by atoms with Crippen LogP contribution in [0.15, 0.2) is 64.4 Å². The van der Waals surface area contributed by atoms with Gasteiger partial charge >= 0.3 is 0 Å². The van der Waals surface area contributed by atoms with Crippen LogP contribution in [0, 0.1) is 5.92 Å². The first-order valence-corrected chi connectivity index (χ1v) is 14.3. The summed E-state index contributed by atoms with van der Waals surface area (Å²) >= 11 is 2.56. The van der Waals surface area contributed by atoms with E-state index in [9.17, 15) is 18.0 Å². The van der Waals surface area contributed by atoms with Gasteiger partial charge in [-0.15, -0.1) is 11.8 Å². The molecule has 0 unspecified atom stereocenters. The van der Waals surface area contributed by atoms with Crippen molar-refractivity contribution in [2.24, 2.45) is 5.92 Å². The SMILES string of the molecule is CSc1ccccc1S(=O)(=O)N1CCC(C(=O)Nc2nc(-c3ccccc3)c(C(C)=O)s2)CC1. The number of amides is 1. The Kier molecular flexibility index (Phi) is 7.51. The maximum atomic E-state index is 13.1. The predicted octanol–water partition coefficient (Wildman–Crippen LogP) is 4.77. The standard InChI is InChI=1S/C24H25N3O4S3/c1-16(28)22-21(17-8-4-3-5-9-17)25-24(33-22)26-23(29)18-12-14-27(15-13-18)34(30,31)20-11-7-6-10-19(20)32-2/h3-11,18H,12-15H2,1-2H3,(H,25,26,29). The number of thioether (sulfide) groups is 1. The summed E-state index contributed by atoms with van der Waals surface area (Å²) in [6.07, 6.45) is 2.69. The van der Waals surface area contributed by atoms with Crippen LogP contribution in [0.3, 0.4) is 0 Å². The molecule has 3 aromatic rings. The second kappa shape index (κ2) is 10.4. The Balaban J connectivity index is 1.44. The number of nitrogens with one attached hydrogen (secondary N) is 1. The van der Waals surface area contributed by atoms with Crippen LogP contribution in [-0.4, -0.2) is 48.7 Å². The molecular formula is C24H25N3O4S3. The maximum absolute atomic E-state index is 13.1. The number of piperidine rings is 1. The Morgan fingerprint density at radius 1 is 1.06 bits per heavy atom. The topological polar surface area (TPSA) is 96.4 Å². The van der Waals surface area contributed by atoms with E-state index in [2.05, 4.69) is 10.3 Å². The molecule has 1 amide bonds. The number of sulfonamides is 1. The summed E-state index contributed by atoms with van der Waals surface area (Å²) in [6, 6.07) is 16.3. The number of ketones is 1. The van der Waals surface area contributed by atoms with E-state index in [1.807, 2.05) is 42.7 Å². The molecule has 10 heteroatoms. The van der Waals surface area contributed by atoms with Crippen LogP contribution in [0.4, 0.5) is 5.13 Å². The van der Waals surface area contributed by atoms with E-state index in [4.69, 9.17) is 0 Å². The number of hydrogen-bond acceptors (Lipinski definition) is 7. The normalized spacial score (nSPS) is 15.2. The van der Waals surface area contributed by atoms with Crippen LogP contribution in [-0.2, 0) is 14.8 Å². The molecule has 1 saturated heterocycles. The number of hydrogen-bond donors (Lipinski definition) is 1. The molecule has 1 fully saturated rings. The van der Waals surface area contributed by atoms with Crippen molar-refractivity contribution in [3.63, 3.8) is 0 Å². The van der Waals surface area contributed by atoms with Crippen molar-refractivity contribution in [2.75, 3.05) is 24.7 Å². The van der Waals surface area contributed by atoms with Gasteiger partial charge in [-0.1, -0.05) is 53.8 Å². The molecule has 0 atom stereocenters. The smallest absolute Gasteiger partial charge is 0.244 e. The number of aromatic nitrogens is 1. The van der Waals surface area contributed by atoms with Crippen LogP contribution in [0.25, 0.3) is 11.3 Å². The lowest BCUT2D eigenvalue weighted by atomic mass is 9.97. The summed E-state index contributed by atoms with van der Waals surface area (Å²) in [6.45, 7) is 2.03. The molecule has 1 N–H and O–H groups in total. The monoisotopic (exact) mass is 515 g/mol. The average molecular weight is 516 g/mol. The van der Waals surface area contributed by atoms with Gasteiger partial charge in [0.25, 0.3) is 0 Å². The van der Waals surface area contributed by atoms with Crippen LogP contribution in [0.2, 0.25) is 0 Å². The van der Waals surface area contributed by atoms with Gasteiger partial charge in [0.2, 0.25) is 15.9 Å². The quantitative estimate of drug-likeness (QED) is 0.360. The van der Waals surface area contributed by atoms with Gasteiger partial charge in [0, 0.05) is 36.4 Å². The van der Waals surface area contributed by atoms with Crippen molar-refractivity contribution in [1.82, 2.24) is 9.29 Å². The third-order valence-corrected chi connectivity index (χ3v) is 9.69. The Morgan fingerprint density at radius 2 is 1.71 bits per heavy atom. The van der Waals surface area contributed by atoms with E-state index >= 15 is 0 Å². The van der Waals surface area contributed by atoms with Crippen molar-refractivity contribution in [1.29, 1.82) is 0 Å². The lowest BCUT2D eigenvalue weighted by molar-refractivity contribution is -0.120. The van der Waals surface area contributed by atoms with Crippen molar-refractivity contribution < 1.29 is 18.0 Å². The zero-order chi connectivity index (χ0) is 24.3. The summed E-state index contributed by atoms with van der Waals surface area (Å²) in [5.74, 6) is -0.641. The molecule has 2 heterocycles. The van der Waals surface area contributed by atoms with Gasteiger partial charge in [-0.3, -0.25) is 9.59 Å². The van der Waals surface area contributed by atoms with Gasteiger partial charge in [0.15, 0.2) is 10.9 Å². The molecule has 1 aliphatic heterocycles. The van der Waals surface area contributed by atoms with Crippen LogP contribution in [0.5, 0.6) is 0 Å². The highest BCUT2D eigenvalue weighted by Gasteiger charge is 2.33. The molecular weight excluding hydrogens is 490 g/mol. The highest BCUT2D eigenvalue weighted by Crippen LogP contribution is 2.33. The number of thiazole rings is 1. The van der Waals surface area contributed by atoms with E-state index in [1.165, 1.54) is 23.0 Å². The fourth-order valence-corrected chi connectivity index (χ4v) is 7.42. The third-order valence-electron chi connectivity index (χ3n) is 5.74. The number of Topliss-reactive ketones (excluding diaryl/α,β-unsaturated/α-hetero) is 1. The minimum absolute atomic E-state index is 0.110. The fraction of sp³-hybridized carbons (Fsp3) is 0.292. The maximum Gasteiger partial charge on any atom is 0.244 e. The zero-order valence-corrected chi connectivity index (χ0v) is 21.3. The number of carbonyl (C=O) groups excluding carboxylic acids is 2. The average Bonchev–Trinajstić information content (AvgIpc) is 3.28. The largest absolute Gasteiger partial charge is 0.302 e. The Morgan fingerprint density at radius 3 is 2.35 bits per heavy atom. The molecule has 0 radical (unpaired) electrons. The Labute approximate surface area is 207 Å². The minimum atomic E-state index is -3.62. The predicted molar refractivity (Wildman–Crippen MR) is 136 cm³/mol. The fourth-order valence-electron chi connectivity index (χ4n) is 3.94. The van der Waals surface area contributed by atoms with Crippen LogP contribution < -0.4 is 5.32 Å². The summed E-state index contributed by atoms with van der Waals surface area (Å²) < 4.78 is 27.7. The number of benzene rings is 2. The molecule has 7 nitrogen and oxygen atoms in total. The molecule has 0 spiro atoms. The number of nitrogens with zero attached hydrogens (tertiary/aromatic N) is 2. The molecule has 0 aliphatic carbocycles. The molecule has 34 heavy (non-hydrogen) atoms. The lowest BCUT2D eigenvalue weighted by Gasteiger charge is -2.30. The van der Waals surface area contributed by atoms with Crippen LogP contribution in [0.1, 0.15) is 29.4 Å². The number of anilines is 1. The molecule has 4 rings (SSSR count).